The Morgan fingerprint density at radius 2 is 2.00 bits per heavy atom. The van der Waals surface area contributed by atoms with E-state index in [4.69, 9.17) is 14.2 Å². The molecule has 1 aliphatic heterocycles. The van der Waals surface area contributed by atoms with Gasteiger partial charge in [-0.05, 0) is 67.6 Å². The average Bonchev–Trinajstić information content (AvgIpc) is 3.36. The molecule has 1 fully saturated rings. The Kier molecular flexibility index (Phi) is 8.27. The molecule has 0 radical (unpaired) electrons. The van der Waals surface area contributed by atoms with E-state index in [1.54, 1.807) is 36.8 Å². The van der Waals surface area contributed by atoms with E-state index in [0.29, 0.717) is 18.8 Å². The van der Waals surface area contributed by atoms with Gasteiger partial charge in [-0.1, -0.05) is 12.1 Å². The molecule has 1 N–H and O–H groups in total. The fourth-order valence-corrected chi connectivity index (χ4v) is 3.97. The van der Waals surface area contributed by atoms with Gasteiger partial charge in [-0.3, -0.25) is 4.79 Å². The van der Waals surface area contributed by atoms with Crippen LogP contribution in [0.2, 0.25) is 0 Å². The van der Waals surface area contributed by atoms with Crippen molar-refractivity contribution in [2.75, 3.05) is 11.9 Å². The summed E-state index contributed by atoms with van der Waals surface area (Å²) in [6.07, 6.45) is 8.12. The van der Waals surface area contributed by atoms with Crippen molar-refractivity contribution in [1.29, 1.82) is 0 Å². The zero-order valence-corrected chi connectivity index (χ0v) is 19.2. The number of carbonyl (C=O) groups excluding carboxylic acids is 1. The number of aromatic nitrogens is 2. The van der Waals surface area contributed by atoms with E-state index < -0.39 is 0 Å². The van der Waals surface area contributed by atoms with Crippen LogP contribution in [0.5, 0.6) is 5.75 Å². The zero-order valence-electron chi connectivity index (χ0n) is 19.2. The van der Waals surface area contributed by atoms with Crippen molar-refractivity contribution in [3.05, 3.63) is 78.6 Å². The highest BCUT2D eigenvalue weighted by molar-refractivity contribution is 5.88. The van der Waals surface area contributed by atoms with Gasteiger partial charge in [-0.15, -0.1) is 0 Å². The number of aryl methyl sites for hydroxylation is 1. The number of halogens is 1. The van der Waals surface area contributed by atoms with Crippen molar-refractivity contribution in [3.8, 4) is 5.75 Å². The fraction of sp³-hybridized carbons (Fsp3) is 0.385. The van der Waals surface area contributed by atoms with E-state index in [-0.39, 0.29) is 30.2 Å². The lowest BCUT2D eigenvalue weighted by Gasteiger charge is -2.32. The number of hydrogen-bond acceptors (Lipinski definition) is 5. The van der Waals surface area contributed by atoms with Crippen LogP contribution in [-0.4, -0.2) is 34.5 Å². The monoisotopic (exact) mass is 467 g/mol. The molecule has 3 unspecified atom stereocenters. The molecule has 3 atom stereocenters. The molecule has 2 heterocycles. The van der Waals surface area contributed by atoms with Crippen molar-refractivity contribution in [3.63, 3.8) is 0 Å². The largest absolute Gasteiger partial charge is 0.491 e. The Labute approximate surface area is 198 Å². The van der Waals surface area contributed by atoms with E-state index in [9.17, 15) is 9.18 Å². The highest BCUT2D eigenvalue weighted by Gasteiger charge is 2.27. The van der Waals surface area contributed by atoms with Gasteiger partial charge in [0.2, 0.25) is 5.91 Å². The maximum Gasteiger partial charge on any atom is 0.221 e. The van der Waals surface area contributed by atoms with Crippen molar-refractivity contribution in [2.24, 2.45) is 0 Å². The normalized spacial score (nSPS) is 18.9. The van der Waals surface area contributed by atoms with Crippen LogP contribution in [0.4, 0.5) is 10.1 Å². The molecule has 7 nitrogen and oxygen atoms in total. The number of nitrogens with zero attached hydrogens (tertiary/aromatic N) is 2. The Morgan fingerprint density at radius 1 is 1.21 bits per heavy atom. The molecule has 8 heteroatoms. The minimum atomic E-state index is -0.359. The van der Waals surface area contributed by atoms with Crippen LogP contribution in [0.25, 0.3) is 0 Å². The summed E-state index contributed by atoms with van der Waals surface area (Å²) < 4.78 is 33.9. The molecule has 1 aliphatic rings. The Hall–Kier alpha value is -3.23. The molecule has 4 rings (SSSR count). The van der Waals surface area contributed by atoms with Gasteiger partial charge in [0.1, 0.15) is 18.2 Å². The number of imidazole rings is 1. The molecule has 0 spiro atoms. The molecule has 0 aliphatic carbocycles. The van der Waals surface area contributed by atoms with Gasteiger partial charge >= 0.3 is 0 Å². The number of amides is 1. The minimum absolute atomic E-state index is 0.0868. The van der Waals surface area contributed by atoms with Gasteiger partial charge < -0.3 is 24.1 Å². The van der Waals surface area contributed by atoms with Gasteiger partial charge in [0.05, 0.1) is 18.5 Å². The number of rotatable bonds is 10. The maximum atomic E-state index is 13.5. The van der Waals surface area contributed by atoms with Crippen LogP contribution in [0.15, 0.2) is 67.3 Å². The first-order valence-corrected chi connectivity index (χ1v) is 11.6. The van der Waals surface area contributed by atoms with E-state index in [2.05, 4.69) is 10.3 Å². The Morgan fingerprint density at radius 3 is 2.71 bits per heavy atom. The second-order valence-electron chi connectivity index (χ2n) is 8.40. The van der Waals surface area contributed by atoms with Crippen LogP contribution >= 0.6 is 0 Å². The number of hydrogen-bond donors (Lipinski definition) is 1. The van der Waals surface area contributed by atoms with Gasteiger partial charge in [-0.2, -0.15) is 0 Å². The minimum Gasteiger partial charge on any atom is -0.491 e. The van der Waals surface area contributed by atoms with Crippen molar-refractivity contribution < 1.29 is 23.4 Å². The predicted molar refractivity (Wildman–Crippen MR) is 126 cm³/mol. The van der Waals surface area contributed by atoms with Crippen molar-refractivity contribution >= 4 is 11.6 Å². The number of benzene rings is 2. The summed E-state index contributed by atoms with van der Waals surface area (Å²) in [5, 5.41) is 2.74. The number of carbonyl (C=O) groups is 1. The third-order valence-corrected chi connectivity index (χ3v) is 5.69. The summed E-state index contributed by atoms with van der Waals surface area (Å²) in [6.45, 7) is 2.62. The second kappa shape index (κ2) is 11.8. The van der Waals surface area contributed by atoms with Crippen LogP contribution in [0, 0.1) is 5.82 Å². The summed E-state index contributed by atoms with van der Waals surface area (Å²) >= 11 is 0. The number of ether oxygens (including phenoxy) is 3. The molecule has 2 aromatic carbocycles. The zero-order chi connectivity index (χ0) is 23.8. The molecule has 0 bridgehead atoms. The van der Waals surface area contributed by atoms with Gasteiger partial charge in [0.15, 0.2) is 6.29 Å². The number of anilines is 1. The van der Waals surface area contributed by atoms with Gasteiger partial charge in [0, 0.05) is 31.5 Å². The third-order valence-electron chi connectivity index (χ3n) is 5.69. The van der Waals surface area contributed by atoms with Crippen LogP contribution in [0.3, 0.4) is 0 Å². The molecule has 3 aromatic rings. The second-order valence-corrected chi connectivity index (χ2v) is 8.40. The fourth-order valence-electron chi connectivity index (χ4n) is 3.97. The van der Waals surface area contributed by atoms with E-state index in [1.807, 2.05) is 22.9 Å². The molecular weight excluding hydrogens is 437 g/mol. The lowest BCUT2D eigenvalue weighted by molar-refractivity contribution is -0.222. The standard InChI is InChI=1S/C26H30FN3O4/c1-19(31)29-22-9-11-23(12-10-22)32-17-24-3-2-4-26(33-24)34-25(13-15-30-16-14-28-18-30)20-5-7-21(27)8-6-20/h5-12,14,16,18,24-26H,2-4,13,15,17H2,1H3,(H,29,31). The van der Waals surface area contributed by atoms with E-state index in [1.165, 1.54) is 19.1 Å². The lowest BCUT2D eigenvalue weighted by Crippen LogP contribution is -2.34. The highest BCUT2D eigenvalue weighted by Crippen LogP contribution is 2.29. The van der Waals surface area contributed by atoms with Gasteiger partial charge in [-0.25, -0.2) is 9.37 Å². The smallest absolute Gasteiger partial charge is 0.221 e. The Balaban J connectivity index is 1.32. The lowest BCUT2D eigenvalue weighted by atomic mass is 10.1. The third kappa shape index (κ3) is 7.13. The van der Waals surface area contributed by atoms with Gasteiger partial charge in [0.25, 0.3) is 0 Å². The molecule has 0 saturated carbocycles. The average molecular weight is 468 g/mol. The van der Waals surface area contributed by atoms with Crippen LogP contribution in [0.1, 0.15) is 44.3 Å². The number of nitrogens with one attached hydrogen (secondary N) is 1. The topological polar surface area (TPSA) is 74.6 Å². The first kappa shape index (κ1) is 23.9. The summed E-state index contributed by atoms with van der Waals surface area (Å²) in [6, 6.07) is 13.7. The first-order chi connectivity index (χ1) is 16.5. The van der Waals surface area contributed by atoms with Crippen LogP contribution < -0.4 is 10.1 Å². The summed E-state index contributed by atoms with van der Waals surface area (Å²) in [5.74, 6) is 0.331. The predicted octanol–water partition coefficient (Wildman–Crippen LogP) is 5.10. The first-order valence-electron chi connectivity index (χ1n) is 11.6. The van der Waals surface area contributed by atoms with Crippen molar-refractivity contribution in [1.82, 2.24) is 9.55 Å². The molecular formula is C26H30FN3O4. The summed E-state index contributed by atoms with van der Waals surface area (Å²) in [5.41, 5.74) is 1.65. The molecule has 1 aromatic heterocycles. The Bertz CT molecular complexity index is 1030. The molecule has 180 valence electrons. The summed E-state index contributed by atoms with van der Waals surface area (Å²) in [4.78, 5) is 15.2. The van der Waals surface area contributed by atoms with E-state index >= 15 is 0 Å². The van der Waals surface area contributed by atoms with Crippen molar-refractivity contribution in [2.45, 2.75) is 57.6 Å². The SMILES string of the molecule is CC(=O)Nc1ccc(OCC2CCCC(OC(CCn3ccnc3)c3ccc(F)cc3)O2)cc1. The van der Waals surface area contributed by atoms with E-state index in [0.717, 1.165) is 37.1 Å². The maximum absolute atomic E-state index is 13.5. The molecule has 34 heavy (non-hydrogen) atoms. The molecule has 1 saturated heterocycles. The van der Waals surface area contributed by atoms with Crippen LogP contribution in [-0.2, 0) is 20.8 Å². The quantitative estimate of drug-likeness (QED) is 0.449. The summed E-state index contributed by atoms with van der Waals surface area (Å²) in [7, 11) is 0. The molecule has 1 amide bonds. The highest BCUT2D eigenvalue weighted by atomic mass is 19.1.